The Hall–Kier alpha value is -3.69. The van der Waals surface area contributed by atoms with Crippen molar-refractivity contribution in [2.75, 3.05) is 6.54 Å². The van der Waals surface area contributed by atoms with E-state index in [4.69, 9.17) is 0 Å². The Morgan fingerprint density at radius 3 is 2.82 bits per heavy atom. The van der Waals surface area contributed by atoms with Gasteiger partial charge in [0.2, 0.25) is 5.91 Å². The normalized spacial score (nSPS) is 11.4. The number of aromatic nitrogens is 6. The van der Waals surface area contributed by atoms with E-state index in [1.54, 1.807) is 7.05 Å². The first-order valence-corrected chi connectivity index (χ1v) is 8.76. The summed E-state index contributed by atoms with van der Waals surface area (Å²) in [6.07, 6.45) is 5.81. The molecule has 0 saturated heterocycles. The van der Waals surface area contributed by atoms with Crippen molar-refractivity contribution in [1.29, 1.82) is 0 Å². The standard InChI is InChI=1S/C18H19N7O3/c1-22-11-20-16-15(22)17(27)25(18(28)23(16)2)10-14(26)19-7-6-12-9-24-8-4-3-5-13(24)21-12/h3-5,8-9,11H,6-7,10H2,1-2H3,(H,19,26). The molecule has 10 nitrogen and oxygen atoms in total. The number of aryl methyl sites for hydroxylation is 2. The van der Waals surface area contributed by atoms with E-state index < -0.39 is 17.2 Å². The molecule has 0 bridgehead atoms. The van der Waals surface area contributed by atoms with Gasteiger partial charge in [0.15, 0.2) is 11.2 Å². The van der Waals surface area contributed by atoms with Crippen LogP contribution in [0.5, 0.6) is 0 Å². The van der Waals surface area contributed by atoms with Gasteiger partial charge >= 0.3 is 5.69 Å². The Morgan fingerprint density at radius 2 is 2.04 bits per heavy atom. The van der Waals surface area contributed by atoms with Crippen LogP contribution < -0.4 is 16.6 Å². The van der Waals surface area contributed by atoms with Gasteiger partial charge in [0.25, 0.3) is 5.56 Å². The summed E-state index contributed by atoms with van der Waals surface area (Å²) in [7, 11) is 3.19. The molecule has 0 radical (unpaired) electrons. The predicted octanol–water partition coefficient (Wildman–Crippen LogP) is -0.560. The molecule has 4 aromatic rings. The first-order chi connectivity index (χ1) is 13.5. The van der Waals surface area contributed by atoms with Gasteiger partial charge in [-0.05, 0) is 12.1 Å². The lowest BCUT2D eigenvalue weighted by Crippen LogP contribution is -2.43. The summed E-state index contributed by atoms with van der Waals surface area (Å²) in [4.78, 5) is 45.8. The van der Waals surface area contributed by atoms with Crippen molar-refractivity contribution >= 4 is 22.7 Å². The van der Waals surface area contributed by atoms with Crippen molar-refractivity contribution in [1.82, 2.24) is 33.4 Å². The smallest absolute Gasteiger partial charge is 0.332 e. The minimum absolute atomic E-state index is 0.277. The highest BCUT2D eigenvalue weighted by atomic mass is 16.2. The van der Waals surface area contributed by atoms with Crippen LogP contribution in [0.15, 0.2) is 46.5 Å². The lowest BCUT2D eigenvalue weighted by atomic mass is 10.3. The third-order valence-electron chi connectivity index (χ3n) is 4.62. The van der Waals surface area contributed by atoms with Crippen LogP contribution in [0.2, 0.25) is 0 Å². The molecule has 0 aromatic carbocycles. The number of carbonyl (C=O) groups excluding carboxylic acids is 1. The number of nitrogens with zero attached hydrogens (tertiary/aromatic N) is 6. The highest BCUT2D eigenvalue weighted by Crippen LogP contribution is 2.05. The number of hydrogen-bond donors (Lipinski definition) is 1. The molecule has 0 unspecified atom stereocenters. The van der Waals surface area contributed by atoms with Gasteiger partial charge < -0.3 is 14.3 Å². The van der Waals surface area contributed by atoms with E-state index in [1.807, 2.05) is 35.0 Å². The van der Waals surface area contributed by atoms with Crippen LogP contribution in [-0.4, -0.2) is 40.5 Å². The summed E-state index contributed by atoms with van der Waals surface area (Å²) in [6.45, 7) is 0.00350. The van der Waals surface area contributed by atoms with Crippen LogP contribution in [0.25, 0.3) is 16.8 Å². The summed E-state index contributed by atoms with van der Waals surface area (Å²) < 4.78 is 5.63. The molecule has 10 heteroatoms. The highest BCUT2D eigenvalue weighted by molar-refractivity contribution is 5.76. The number of nitrogens with one attached hydrogen (secondary N) is 1. The van der Waals surface area contributed by atoms with Crippen LogP contribution in [0, 0.1) is 0 Å². The van der Waals surface area contributed by atoms with E-state index in [0.29, 0.717) is 18.6 Å². The van der Waals surface area contributed by atoms with E-state index in [2.05, 4.69) is 15.3 Å². The molecular formula is C18H19N7O3. The largest absolute Gasteiger partial charge is 0.354 e. The first-order valence-electron chi connectivity index (χ1n) is 8.76. The molecule has 4 aromatic heterocycles. The second kappa shape index (κ2) is 6.80. The summed E-state index contributed by atoms with van der Waals surface area (Å²) in [5.41, 5.74) is 1.14. The van der Waals surface area contributed by atoms with Gasteiger partial charge in [0.1, 0.15) is 12.2 Å². The summed E-state index contributed by atoms with van der Waals surface area (Å²) >= 11 is 0. The zero-order chi connectivity index (χ0) is 19.8. The van der Waals surface area contributed by atoms with E-state index >= 15 is 0 Å². The van der Waals surface area contributed by atoms with Crippen molar-refractivity contribution in [3.05, 3.63) is 63.5 Å². The number of amides is 1. The molecule has 0 aliphatic carbocycles. The molecule has 0 aliphatic heterocycles. The quantitative estimate of drug-likeness (QED) is 0.499. The van der Waals surface area contributed by atoms with Crippen molar-refractivity contribution in [3.8, 4) is 0 Å². The maximum absolute atomic E-state index is 12.6. The molecule has 4 heterocycles. The molecular weight excluding hydrogens is 362 g/mol. The molecule has 1 amide bonds. The molecule has 0 aliphatic rings. The highest BCUT2D eigenvalue weighted by Gasteiger charge is 2.16. The maximum Gasteiger partial charge on any atom is 0.332 e. The molecule has 4 rings (SSSR count). The average Bonchev–Trinajstić information content (AvgIpc) is 3.26. The van der Waals surface area contributed by atoms with Crippen LogP contribution in [0.1, 0.15) is 5.69 Å². The molecule has 1 N–H and O–H groups in total. The molecule has 144 valence electrons. The van der Waals surface area contributed by atoms with Crippen molar-refractivity contribution < 1.29 is 4.79 Å². The van der Waals surface area contributed by atoms with E-state index in [0.717, 1.165) is 15.9 Å². The first kappa shape index (κ1) is 17.7. The molecule has 0 spiro atoms. The Balaban J connectivity index is 1.47. The summed E-state index contributed by atoms with van der Waals surface area (Å²) in [5, 5.41) is 2.74. The SMILES string of the molecule is Cn1cnc2c1c(=O)n(CC(=O)NCCc1cn3ccccc3n1)c(=O)n2C. The van der Waals surface area contributed by atoms with Crippen LogP contribution >= 0.6 is 0 Å². The van der Waals surface area contributed by atoms with Crippen molar-refractivity contribution in [3.63, 3.8) is 0 Å². The van der Waals surface area contributed by atoms with Gasteiger partial charge in [-0.25, -0.2) is 19.3 Å². The Morgan fingerprint density at radius 1 is 1.21 bits per heavy atom. The minimum Gasteiger partial charge on any atom is -0.354 e. The number of rotatable bonds is 5. The topological polar surface area (TPSA) is 108 Å². The fourth-order valence-electron chi connectivity index (χ4n) is 3.17. The predicted molar refractivity (Wildman–Crippen MR) is 102 cm³/mol. The summed E-state index contributed by atoms with van der Waals surface area (Å²) in [5.74, 6) is -0.413. The Bertz CT molecular complexity index is 1280. The average molecular weight is 381 g/mol. The minimum atomic E-state index is -0.577. The van der Waals surface area contributed by atoms with Gasteiger partial charge in [0, 0.05) is 39.5 Å². The zero-order valence-corrected chi connectivity index (χ0v) is 15.5. The molecule has 0 atom stereocenters. The third-order valence-corrected chi connectivity index (χ3v) is 4.62. The van der Waals surface area contributed by atoms with Gasteiger partial charge in [-0.1, -0.05) is 6.07 Å². The monoisotopic (exact) mass is 381 g/mol. The number of pyridine rings is 1. The Labute approximate surface area is 158 Å². The lowest BCUT2D eigenvalue weighted by molar-refractivity contribution is -0.121. The van der Waals surface area contributed by atoms with E-state index in [1.165, 1.54) is 22.5 Å². The zero-order valence-electron chi connectivity index (χ0n) is 15.5. The second-order valence-corrected chi connectivity index (χ2v) is 6.56. The van der Waals surface area contributed by atoms with Crippen LogP contribution in [0.3, 0.4) is 0 Å². The van der Waals surface area contributed by atoms with Crippen molar-refractivity contribution in [2.24, 2.45) is 14.1 Å². The molecule has 0 fully saturated rings. The lowest BCUT2D eigenvalue weighted by Gasteiger charge is -2.09. The summed E-state index contributed by atoms with van der Waals surface area (Å²) in [6, 6.07) is 5.72. The third kappa shape index (κ3) is 2.98. The van der Waals surface area contributed by atoms with E-state index in [9.17, 15) is 14.4 Å². The van der Waals surface area contributed by atoms with Gasteiger partial charge in [0.05, 0.1) is 12.0 Å². The number of carbonyl (C=O) groups is 1. The fraction of sp³-hybridized carbons (Fsp3) is 0.278. The number of fused-ring (bicyclic) bond motifs is 2. The fourth-order valence-corrected chi connectivity index (χ4v) is 3.17. The number of hydrogen-bond acceptors (Lipinski definition) is 5. The van der Waals surface area contributed by atoms with Gasteiger partial charge in [-0.3, -0.25) is 14.2 Å². The molecule has 28 heavy (non-hydrogen) atoms. The maximum atomic E-state index is 12.6. The van der Waals surface area contributed by atoms with Crippen molar-refractivity contribution in [2.45, 2.75) is 13.0 Å². The second-order valence-electron chi connectivity index (χ2n) is 6.56. The number of imidazole rings is 2. The van der Waals surface area contributed by atoms with Crippen LogP contribution in [-0.2, 0) is 31.9 Å². The van der Waals surface area contributed by atoms with Gasteiger partial charge in [-0.2, -0.15) is 0 Å². The van der Waals surface area contributed by atoms with Crippen LogP contribution in [0.4, 0.5) is 0 Å². The Kier molecular flexibility index (Phi) is 4.30. The van der Waals surface area contributed by atoms with Gasteiger partial charge in [-0.15, -0.1) is 0 Å². The molecule has 0 saturated carbocycles. The van der Waals surface area contributed by atoms with E-state index in [-0.39, 0.29) is 12.1 Å².